The summed E-state index contributed by atoms with van der Waals surface area (Å²) in [7, 11) is 1.59. The summed E-state index contributed by atoms with van der Waals surface area (Å²) >= 11 is 0. The van der Waals surface area contributed by atoms with E-state index in [1.54, 1.807) is 36.1 Å². The molecule has 0 amide bonds. The molecule has 1 aromatic heterocycles. The highest BCUT2D eigenvalue weighted by Crippen LogP contribution is 2.17. The molecule has 2 aromatic rings. The third kappa shape index (κ3) is 3.28. The Morgan fingerprint density at radius 3 is 2.85 bits per heavy atom. The van der Waals surface area contributed by atoms with Gasteiger partial charge in [0.25, 0.3) is 5.56 Å². The van der Waals surface area contributed by atoms with Crippen LogP contribution in [-0.2, 0) is 6.54 Å². The third-order valence-corrected chi connectivity index (χ3v) is 2.85. The predicted molar refractivity (Wildman–Crippen MR) is 76.8 cm³/mol. The van der Waals surface area contributed by atoms with Gasteiger partial charge in [0.1, 0.15) is 12.4 Å². The third-order valence-electron chi connectivity index (χ3n) is 2.85. The fourth-order valence-electron chi connectivity index (χ4n) is 1.86. The van der Waals surface area contributed by atoms with E-state index in [1.165, 1.54) is 6.07 Å². The fraction of sp³-hybridized carbons (Fsp3) is 0.188. The van der Waals surface area contributed by atoms with Crippen molar-refractivity contribution in [3.05, 3.63) is 64.1 Å². The maximum absolute atomic E-state index is 11.8. The quantitative estimate of drug-likeness (QED) is 0.853. The second kappa shape index (κ2) is 6.60. The first kappa shape index (κ1) is 13.9. The van der Waals surface area contributed by atoms with Crippen LogP contribution < -0.4 is 10.3 Å². The molecule has 2 rings (SSSR count). The number of methoxy groups -OCH3 is 1. The molecule has 0 spiro atoms. The van der Waals surface area contributed by atoms with E-state index in [4.69, 9.17) is 9.84 Å². The van der Waals surface area contributed by atoms with E-state index >= 15 is 0 Å². The summed E-state index contributed by atoms with van der Waals surface area (Å²) in [5, 5.41) is 8.80. The van der Waals surface area contributed by atoms with E-state index in [0.717, 1.165) is 11.1 Å². The van der Waals surface area contributed by atoms with Crippen LogP contribution in [0.15, 0.2) is 47.4 Å². The van der Waals surface area contributed by atoms with Crippen molar-refractivity contribution in [2.75, 3.05) is 13.7 Å². The Labute approximate surface area is 117 Å². The molecule has 0 fully saturated rings. The van der Waals surface area contributed by atoms with E-state index in [1.807, 2.05) is 12.1 Å². The number of benzene rings is 1. The van der Waals surface area contributed by atoms with E-state index in [0.29, 0.717) is 12.3 Å². The van der Waals surface area contributed by atoms with Gasteiger partial charge in [-0.3, -0.25) is 4.79 Å². The Bertz CT molecular complexity index is 707. The minimum Gasteiger partial charge on any atom is -0.497 e. The van der Waals surface area contributed by atoms with Crippen LogP contribution in [0.25, 0.3) is 0 Å². The molecule has 4 nitrogen and oxygen atoms in total. The molecule has 20 heavy (non-hydrogen) atoms. The number of ether oxygens (including phenoxy) is 1. The van der Waals surface area contributed by atoms with Crippen molar-refractivity contribution >= 4 is 0 Å². The molecule has 0 bridgehead atoms. The maximum Gasteiger partial charge on any atom is 0.250 e. The van der Waals surface area contributed by atoms with Crippen molar-refractivity contribution in [1.29, 1.82) is 0 Å². The van der Waals surface area contributed by atoms with Crippen molar-refractivity contribution in [2.24, 2.45) is 0 Å². The first-order valence-corrected chi connectivity index (χ1v) is 6.16. The zero-order valence-corrected chi connectivity index (χ0v) is 11.2. The van der Waals surface area contributed by atoms with Gasteiger partial charge in [0.05, 0.1) is 13.7 Å². The van der Waals surface area contributed by atoms with Crippen LogP contribution in [0, 0.1) is 11.8 Å². The number of hydrogen-bond acceptors (Lipinski definition) is 3. The first-order chi connectivity index (χ1) is 9.74. The van der Waals surface area contributed by atoms with Gasteiger partial charge < -0.3 is 14.4 Å². The van der Waals surface area contributed by atoms with Crippen molar-refractivity contribution in [2.45, 2.75) is 6.54 Å². The van der Waals surface area contributed by atoms with Gasteiger partial charge in [0.2, 0.25) is 0 Å². The Balaban J connectivity index is 2.42. The standard InChI is InChI=1S/C16H15NO3/c1-20-15-8-7-13(5-4-10-18)14(11-15)12-17-9-3-2-6-16(17)19/h2-3,6-9,11,18H,10,12H2,1H3. The second-order valence-electron chi connectivity index (χ2n) is 4.15. The number of aliphatic hydroxyl groups is 1. The van der Waals surface area contributed by atoms with Crippen molar-refractivity contribution in [3.63, 3.8) is 0 Å². The molecule has 0 aliphatic carbocycles. The highest BCUT2D eigenvalue weighted by molar-refractivity contribution is 5.45. The van der Waals surface area contributed by atoms with Gasteiger partial charge in [-0.05, 0) is 29.8 Å². The van der Waals surface area contributed by atoms with Crippen LogP contribution >= 0.6 is 0 Å². The Kier molecular flexibility index (Phi) is 4.59. The number of hydrogen-bond donors (Lipinski definition) is 1. The molecule has 1 heterocycles. The number of aliphatic hydroxyl groups excluding tert-OH is 1. The molecule has 0 aliphatic heterocycles. The Hall–Kier alpha value is -2.51. The summed E-state index contributed by atoms with van der Waals surface area (Å²) < 4.78 is 6.79. The van der Waals surface area contributed by atoms with Crippen LogP contribution in [0.2, 0.25) is 0 Å². The second-order valence-corrected chi connectivity index (χ2v) is 4.15. The van der Waals surface area contributed by atoms with Gasteiger partial charge in [-0.1, -0.05) is 17.9 Å². The lowest BCUT2D eigenvalue weighted by Crippen LogP contribution is -2.18. The zero-order chi connectivity index (χ0) is 14.4. The average Bonchev–Trinajstić information content (AvgIpc) is 2.48. The van der Waals surface area contributed by atoms with Crippen molar-refractivity contribution < 1.29 is 9.84 Å². The van der Waals surface area contributed by atoms with E-state index in [9.17, 15) is 4.79 Å². The van der Waals surface area contributed by atoms with Crippen molar-refractivity contribution in [1.82, 2.24) is 4.57 Å². The molecular formula is C16H15NO3. The summed E-state index contributed by atoms with van der Waals surface area (Å²) in [6.45, 7) is 0.211. The van der Waals surface area contributed by atoms with Gasteiger partial charge in [-0.2, -0.15) is 0 Å². The molecule has 1 aromatic carbocycles. The molecule has 0 saturated heterocycles. The molecule has 0 saturated carbocycles. The topological polar surface area (TPSA) is 51.5 Å². The minimum atomic E-state index is -0.198. The predicted octanol–water partition coefficient (Wildman–Crippen LogP) is 1.25. The van der Waals surface area contributed by atoms with E-state index in [2.05, 4.69) is 11.8 Å². The number of rotatable bonds is 3. The summed E-state index contributed by atoms with van der Waals surface area (Å²) in [5.41, 5.74) is 1.57. The minimum absolute atomic E-state index is 0.0728. The molecule has 1 N–H and O–H groups in total. The van der Waals surface area contributed by atoms with Gasteiger partial charge in [-0.25, -0.2) is 0 Å². The highest BCUT2D eigenvalue weighted by atomic mass is 16.5. The van der Waals surface area contributed by atoms with Crippen LogP contribution in [0.3, 0.4) is 0 Å². The van der Waals surface area contributed by atoms with Gasteiger partial charge >= 0.3 is 0 Å². The summed E-state index contributed by atoms with van der Waals surface area (Å²) in [5.74, 6) is 6.21. The van der Waals surface area contributed by atoms with Crippen LogP contribution in [-0.4, -0.2) is 23.4 Å². The highest BCUT2D eigenvalue weighted by Gasteiger charge is 2.04. The molecule has 4 heteroatoms. The lowest BCUT2D eigenvalue weighted by Gasteiger charge is -2.09. The van der Waals surface area contributed by atoms with Gasteiger partial charge in [-0.15, -0.1) is 0 Å². The van der Waals surface area contributed by atoms with E-state index < -0.39 is 0 Å². The SMILES string of the molecule is COc1ccc(C#CCO)c(Cn2ccccc2=O)c1. The zero-order valence-electron chi connectivity index (χ0n) is 11.2. The normalized spacial score (nSPS) is 9.70. The van der Waals surface area contributed by atoms with E-state index in [-0.39, 0.29) is 12.2 Å². The smallest absolute Gasteiger partial charge is 0.250 e. The van der Waals surface area contributed by atoms with Crippen LogP contribution in [0.1, 0.15) is 11.1 Å². The Morgan fingerprint density at radius 1 is 1.30 bits per heavy atom. The van der Waals surface area contributed by atoms with Crippen molar-refractivity contribution in [3.8, 4) is 17.6 Å². The fourth-order valence-corrected chi connectivity index (χ4v) is 1.86. The lowest BCUT2D eigenvalue weighted by molar-refractivity contribution is 0.350. The van der Waals surface area contributed by atoms with Gasteiger partial charge in [0.15, 0.2) is 0 Å². The first-order valence-electron chi connectivity index (χ1n) is 6.16. The Morgan fingerprint density at radius 2 is 2.15 bits per heavy atom. The van der Waals surface area contributed by atoms with Crippen LogP contribution in [0.5, 0.6) is 5.75 Å². The monoisotopic (exact) mass is 269 g/mol. The molecule has 0 unspecified atom stereocenters. The number of aromatic nitrogens is 1. The molecule has 0 radical (unpaired) electrons. The molecular weight excluding hydrogens is 254 g/mol. The summed E-state index contributed by atoms with van der Waals surface area (Å²) in [4.78, 5) is 11.8. The average molecular weight is 269 g/mol. The maximum atomic E-state index is 11.8. The number of nitrogens with zero attached hydrogens (tertiary/aromatic N) is 1. The largest absolute Gasteiger partial charge is 0.497 e. The summed E-state index contributed by atoms with van der Waals surface area (Å²) in [6, 6.07) is 10.5. The number of pyridine rings is 1. The lowest BCUT2D eigenvalue weighted by atomic mass is 10.1. The molecule has 102 valence electrons. The van der Waals surface area contributed by atoms with Crippen LogP contribution in [0.4, 0.5) is 0 Å². The van der Waals surface area contributed by atoms with Gasteiger partial charge in [0, 0.05) is 17.8 Å². The molecule has 0 aliphatic rings. The summed E-state index contributed by atoms with van der Waals surface area (Å²) in [6.07, 6.45) is 1.73. The molecule has 0 atom stereocenters.